The van der Waals surface area contributed by atoms with Gasteiger partial charge in [0.2, 0.25) is 0 Å². The minimum atomic E-state index is -1.83. The molecule has 2 fully saturated rings. The molecule has 0 saturated carbocycles. The van der Waals surface area contributed by atoms with Crippen LogP contribution in [0.15, 0.2) is 0 Å². The molecule has 0 radical (unpaired) electrons. The molecule has 2 aliphatic heterocycles. The van der Waals surface area contributed by atoms with E-state index in [4.69, 9.17) is 28.4 Å². The van der Waals surface area contributed by atoms with E-state index in [9.17, 15) is 45.3 Å². The summed E-state index contributed by atoms with van der Waals surface area (Å²) in [5.74, 6) is -0.946. The summed E-state index contributed by atoms with van der Waals surface area (Å²) in [6, 6.07) is 0. The van der Waals surface area contributed by atoms with E-state index >= 15 is 0 Å². The Kier molecular flexibility index (Phi) is 32.6. The number of hydrogen-bond acceptors (Lipinski definition) is 15. The lowest BCUT2D eigenvalue weighted by molar-refractivity contribution is -0.368. The number of aliphatic hydroxyl groups is 7. The van der Waals surface area contributed by atoms with Crippen LogP contribution in [0.5, 0.6) is 0 Å². The van der Waals surface area contributed by atoms with Crippen LogP contribution < -0.4 is 0 Å². The van der Waals surface area contributed by atoms with Crippen molar-refractivity contribution < 1.29 is 73.8 Å². The van der Waals surface area contributed by atoms with Crippen molar-refractivity contribution in [1.29, 1.82) is 0 Å². The molecule has 2 heterocycles. The molecule has 0 aliphatic carbocycles. The summed E-state index contributed by atoms with van der Waals surface area (Å²) in [4.78, 5) is 25.8. The Morgan fingerprint density at radius 2 is 0.855 bits per heavy atom. The maximum absolute atomic E-state index is 13.0. The Bertz CT molecular complexity index is 1100. The predicted octanol–water partition coefficient (Wildman–Crippen LogP) is 6.04. The van der Waals surface area contributed by atoms with Crippen molar-refractivity contribution in [3.8, 4) is 0 Å². The minimum absolute atomic E-state index is 0.154. The number of ether oxygens (including phenoxy) is 6. The summed E-state index contributed by atoms with van der Waals surface area (Å²) in [6.07, 6.45) is 13.5. The van der Waals surface area contributed by atoms with Gasteiger partial charge in [-0.25, -0.2) is 0 Å². The molecule has 62 heavy (non-hydrogen) atoms. The molecule has 0 aromatic heterocycles. The second-order valence-electron chi connectivity index (χ2n) is 17.6. The summed E-state index contributed by atoms with van der Waals surface area (Å²) >= 11 is 0. The standard InChI is InChI=1S/C47H88O15/c1-3-5-7-9-11-13-15-17-19-21-23-25-27-29-38(50)57-33-35(59-39(51)30-28-26-24-22-20-18-16-14-12-10-8-6-4-2)34-58-47-45(43(55)41(53)37(32-49)61-47)62-46-44(56)42(54)40(52)36(31-48)60-46/h35-37,40-49,52-56H,3-34H2,1-2H3/t35-,36-,37-,40-,41-,42+,43+,44-,45-,46-,47+/m1/s1. The highest BCUT2D eigenvalue weighted by molar-refractivity contribution is 5.70. The molecule has 7 N–H and O–H groups in total. The fourth-order valence-electron chi connectivity index (χ4n) is 8.07. The summed E-state index contributed by atoms with van der Waals surface area (Å²) in [6.45, 7) is 2.30. The van der Waals surface area contributed by atoms with Crippen LogP contribution in [-0.2, 0) is 38.0 Å². The van der Waals surface area contributed by atoms with Crippen LogP contribution in [0.3, 0.4) is 0 Å². The highest BCUT2D eigenvalue weighted by Crippen LogP contribution is 2.30. The first-order valence-electron chi connectivity index (χ1n) is 24.6. The van der Waals surface area contributed by atoms with E-state index < -0.39 is 99.3 Å². The molecular weight excluding hydrogens is 805 g/mol. The van der Waals surface area contributed by atoms with Gasteiger partial charge in [-0.3, -0.25) is 9.59 Å². The normalized spacial score (nSPS) is 27.0. The Morgan fingerprint density at radius 3 is 1.29 bits per heavy atom. The van der Waals surface area contributed by atoms with Gasteiger partial charge < -0.3 is 64.2 Å². The average Bonchev–Trinajstić information content (AvgIpc) is 3.27. The van der Waals surface area contributed by atoms with Crippen LogP contribution in [-0.4, -0.2) is 142 Å². The van der Waals surface area contributed by atoms with Crippen molar-refractivity contribution in [1.82, 2.24) is 0 Å². The fraction of sp³-hybridized carbons (Fsp3) is 0.957. The number of carbonyl (C=O) groups is 2. The number of unbranched alkanes of at least 4 members (excludes halogenated alkanes) is 24. The zero-order valence-corrected chi connectivity index (χ0v) is 38.4. The molecule has 2 aliphatic rings. The molecule has 0 amide bonds. The monoisotopic (exact) mass is 893 g/mol. The number of esters is 2. The molecule has 366 valence electrons. The molecule has 15 nitrogen and oxygen atoms in total. The van der Waals surface area contributed by atoms with Crippen molar-refractivity contribution in [2.45, 2.75) is 261 Å². The van der Waals surface area contributed by atoms with Crippen molar-refractivity contribution >= 4 is 11.9 Å². The summed E-state index contributed by atoms with van der Waals surface area (Å²) in [5, 5.41) is 72.2. The van der Waals surface area contributed by atoms with Crippen molar-refractivity contribution in [2.24, 2.45) is 0 Å². The van der Waals surface area contributed by atoms with E-state index in [0.717, 1.165) is 38.5 Å². The Balaban J connectivity index is 1.91. The van der Waals surface area contributed by atoms with Gasteiger partial charge in [-0.15, -0.1) is 0 Å². The van der Waals surface area contributed by atoms with Crippen molar-refractivity contribution in [3.05, 3.63) is 0 Å². The van der Waals surface area contributed by atoms with Crippen LogP contribution in [0.1, 0.15) is 194 Å². The van der Waals surface area contributed by atoms with E-state index in [0.29, 0.717) is 12.8 Å². The van der Waals surface area contributed by atoms with E-state index in [2.05, 4.69) is 13.8 Å². The molecule has 0 aromatic carbocycles. The van der Waals surface area contributed by atoms with Gasteiger partial charge in [0, 0.05) is 12.8 Å². The summed E-state index contributed by atoms with van der Waals surface area (Å²) in [5.41, 5.74) is 0. The Labute approximate surface area is 372 Å². The van der Waals surface area contributed by atoms with Gasteiger partial charge >= 0.3 is 11.9 Å². The molecule has 0 spiro atoms. The molecule has 0 aromatic rings. The molecular formula is C47H88O15. The molecule has 15 heteroatoms. The van der Waals surface area contributed by atoms with Crippen LogP contribution in [0.4, 0.5) is 0 Å². The zero-order chi connectivity index (χ0) is 45.4. The SMILES string of the molecule is CCCCCCCCCCCCCCCC(=O)OC[C@H](CO[C@H]1O[C@H](CO)[C@@H](O)[C@H](O)[C@H]1O[C@H]1O[C@H](CO)[C@@H](O)[C@H](O)[C@H]1O)OC(=O)CCCCCCCCCCCCCCC. The first kappa shape index (κ1) is 56.6. The molecule has 0 unspecified atom stereocenters. The van der Waals surface area contributed by atoms with E-state index in [1.54, 1.807) is 0 Å². The molecule has 0 bridgehead atoms. The smallest absolute Gasteiger partial charge is 0.306 e. The Morgan fingerprint density at radius 1 is 0.468 bits per heavy atom. The summed E-state index contributed by atoms with van der Waals surface area (Å²) < 4.78 is 34.1. The van der Waals surface area contributed by atoms with E-state index in [-0.39, 0.29) is 19.4 Å². The molecule has 2 saturated heterocycles. The fourth-order valence-corrected chi connectivity index (χ4v) is 8.07. The topological polar surface area (TPSA) is 231 Å². The third kappa shape index (κ3) is 23.6. The van der Waals surface area contributed by atoms with Crippen molar-refractivity contribution in [3.63, 3.8) is 0 Å². The number of rotatable bonds is 38. The van der Waals surface area contributed by atoms with Gasteiger partial charge in [0.05, 0.1) is 19.8 Å². The number of hydrogen-bond donors (Lipinski definition) is 7. The first-order valence-corrected chi connectivity index (χ1v) is 24.6. The van der Waals surface area contributed by atoms with Gasteiger partial charge in [-0.1, -0.05) is 168 Å². The van der Waals surface area contributed by atoms with Crippen LogP contribution >= 0.6 is 0 Å². The first-order chi connectivity index (χ1) is 30.1. The number of aliphatic hydroxyl groups excluding tert-OH is 7. The average molecular weight is 893 g/mol. The quantitative estimate of drug-likeness (QED) is 0.0277. The highest BCUT2D eigenvalue weighted by atomic mass is 16.8. The maximum atomic E-state index is 13.0. The molecule has 11 atom stereocenters. The third-order valence-corrected chi connectivity index (χ3v) is 12.1. The summed E-state index contributed by atoms with van der Waals surface area (Å²) in [7, 11) is 0. The van der Waals surface area contributed by atoms with Gasteiger partial charge in [0.15, 0.2) is 18.7 Å². The largest absolute Gasteiger partial charge is 0.462 e. The predicted molar refractivity (Wildman–Crippen MR) is 234 cm³/mol. The lowest BCUT2D eigenvalue weighted by Crippen LogP contribution is -2.64. The van der Waals surface area contributed by atoms with E-state index in [1.165, 1.54) is 116 Å². The molecule has 2 rings (SSSR count). The number of carbonyl (C=O) groups excluding carboxylic acids is 2. The lowest BCUT2D eigenvalue weighted by Gasteiger charge is -2.46. The maximum Gasteiger partial charge on any atom is 0.306 e. The second-order valence-corrected chi connectivity index (χ2v) is 17.6. The van der Waals surface area contributed by atoms with Gasteiger partial charge in [0.1, 0.15) is 55.4 Å². The highest BCUT2D eigenvalue weighted by Gasteiger charge is 2.51. The Hall–Kier alpha value is -1.50. The van der Waals surface area contributed by atoms with Crippen LogP contribution in [0, 0.1) is 0 Å². The zero-order valence-electron chi connectivity index (χ0n) is 38.4. The second kappa shape index (κ2) is 35.7. The van der Waals surface area contributed by atoms with E-state index in [1.807, 2.05) is 0 Å². The van der Waals surface area contributed by atoms with Gasteiger partial charge in [-0.05, 0) is 12.8 Å². The third-order valence-electron chi connectivity index (χ3n) is 12.1. The van der Waals surface area contributed by atoms with Gasteiger partial charge in [-0.2, -0.15) is 0 Å². The van der Waals surface area contributed by atoms with Gasteiger partial charge in [0.25, 0.3) is 0 Å². The minimum Gasteiger partial charge on any atom is -0.462 e. The van der Waals surface area contributed by atoms with Crippen LogP contribution in [0.2, 0.25) is 0 Å². The van der Waals surface area contributed by atoms with Crippen molar-refractivity contribution in [2.75, 3.05) is 26.4 Å². The van der Waals surface area contributed by atoms with Crippen LogP contribution in [0.25, 0.3) is 0 Å². The lowest BCUT2D eigenvalue weighted by atomic mass is 9.97.